The largest absolute Gasteiger partial charge is 0.493 e. The van der Waals surface area contributed by atoms with E-state index in [4.69, 9.17) is 28.1 Å². The van der Waals surface area contributed by atoms with Crippen molar-refractivity contribution in [1.82, 2.24) is 0 Å². The van der Waals surface area contributed by atoms with Gasteiger partial charge in [0.1, 0.15) is 5.76 Å². The summed E-state index contributed by atoms with van der Waals surface area (Å²) in [5.41, 5.74) is 0.917. The maximum absolute atomic E-state index is 12.5. The lowest BCUT2D eigenvalue weighted by atomic mass is 10.1. The third kappa shape index (κ3) is 3.85. The number of hydrogen-bond donors (Lipinski definition) is 0. The van der Waals surface area contributed by atoms with Gasteiger partial charge in [-0.25, -0.2) is 0 Å². The first kappa shape index (κ1) is 20.1. The first-order valence-electron chi connectivity index (χ1n) is 8.73. The SMILES string of the molecule is COc1cc(/C=C/c2cc(=O)c3ccc(OC)c(OC)c3o2)cc(OC)c1OC. The van der Waals surface area contributed by atoms with E-state index < -0.39 is 0 Å². The predicted octanol–water partition coefficient (Wildman–Crippen LogP) is 4.01. The monoisotopic (exact) mass is 398 g/mol. The molecule has 1 aromatic heterocycles. The molecule has 1 heterocycles. The van der Waals surface area contributed by atoms with Crippen LogP contribution in [0, 0.1) is 0 Å². The van der Waals surface area contributed by atoms with E-state index in [9.17, 15) is 4.79 Å². The number of fused-ring (bicyclic) bond motifs is 1. The highest BCUT2D eigenvalue weighted by atomic mass is 16.5. The number of hydrogen-bond acceptors (Lipinski definition) is 7. The third-order valence-electron chi connectivity index (χ3n) is 4.39. The highest BCUT2D eigenvalue weighted by molar-refractivity contribution is 5.86. The van der Waals surface area contributed by atoms with Gasteiger partial charge in [0.2, 0.25) is 11.5 Å². The molecule has 7 nitrogen and oxygen atoms in total. The maximum atomic E-state index is 12.5. The van der Waals surface area contributed by atoms with E-state index in [-0.39, 0.29) is 5.43 Å². The van der Waals surface area contributed by atoms with Crippen LogP contribution in [0.3, 0.4) is 0 Å². The molecule has 0 aliphatic rings. The van der Waals surface area contributed by atoms with Crippen molar-refractivity contribution < 1.29 is 28.1 Å². The van der Waals surface area contributed by atoms with Crippen LogP contribution in [0.2, 0.25) is 0 Å². The van der Waals surface area contributed by atoms with Crippen LogP contribution >= 0.6 is 0 Å². The molecule has 3 rings (SSSR count). The molecule has 29 heavy (non-hydrogen) atoms. The summed E-state index contributed by atoms with van der Waals surface area (Å²) < 4.78 is 32.6. The fourth-order valence-corrected chi connectivity index (χ4v) is 3.01. The second-order valence-electron chi connectivity index (χ2n) is 5.98. The lowest BCUT2D eigenvalue weighted by Crippen LogP contribution is -2.02. The molecule has 0 aliphatic heterocycles. The van der Waals surface area contributed by atoms with Crippen LogP contribution in [0.25, 0.3) is 23.1 Å². The summed E-state index contributed by atoms with van der Waals surface area (Å²) in [6.07, 6.45) is 3.46. The highest BCUT2D eigenvalue weighted by Gasteiger charge is 2.15. The smallest absolute Gasteiger partial charge is 0.204 e. The van der Waals surface area contributed by atoms with E-state index in [1.807, 2.05) is 0 Å². The predicted molar refractivity (Wildman–Crippen MR) is 111 cm³/mol. The van der Waals surface area contributed by atoms with Crippen LogP contribution in [0.15, 0.2) is 39.5 Å². The molecule has 0 saturated carbocycles. The fraction of sp³-hybridized carbons (Fsp3) is 0.227. The quantitative estimate of drug-likeness (QED) is 0.595. The van der Waals surface area contributed by atoms with E-state index >= 15 is 0 Å². The maximum Gasteiger partial charge on any atom is 0.204 e. The Kier molecular flexibility index (Phi) is 5.97. The molecule has 7 heteroatoms. The second-order valence-corrected chi connectivity index (χ2v) is 5.98. The minimum absolute atomic E-state index is 0.184. The van der Waals surface area contributed by atoms with E-state index in [0.717, 1.165) is 5.56 Å². The van der Waals surface area contributed by atoms with Crippen molar-refractivity contribution in [3.8, 4) is 28.7 Å². The molecule has 152 valence electrons. The van der Waals surface area contributed by atoms with Crippen LogP contribution in [0.4, 0.5) is 0 Å². The average molecular weight is 398 g/mol. The Labute approximate surface area is 168 Å². The molecule has 0 bridgehead atoms. The van der Waals surface area contributed by atoms with Gasteiger partial charge in [0.05, 0.1) is 40.9 Å². The standard InChI is InChI=1S/C22H22O7/c1-24-17-9-8-15-16(23)12-14(29-20(15)22(17)28-5)7-6-13-10-18(25-2)21(27-4)19(11-13)26-3/h6-12H,1-5H3/b7-6+. The molecule has 2 aromatic carbocycles. The molecule has 0 spiro atoms. The van der Waals surface area contributed by atoms with Gasteiger partial charge in [0.15, 0.2) is 28.3 Å². The summed E-state index contributed by atoms with van der Waals surface area (Å²) in [5.74, 6) is 2.76. The minimum atomic E-state index is -0.184. The number of rotatable bonds is 7. The average Bonchev–Trinajstić information content (AvgIpc) is 2.75. The minimum Gasteiger partial charge on any atom is -0.493 e. The first-order chi connectivity index (χ1) is 14.1. The molecule has 0 amide bonds. The summed E-state index contributed by atoms with van der Waals surface area (Å²) in [4.78, 5) is 12.5. The van der Waals surface area contributed by atoms with Gasteiger partial charge in [0.25, 0.3) is 0 Å². The van der Waals surface area contributed by atoms with Crippen molar-refractivity contribution in [1.29, 1.82) is 0 Å². The van der Waals surface area contributed by atoms with Gasteiger partial charge in [-0.05, 0) is 35.9 Å². The van der Waals surface area contributed by atoms with E-state index in [1.54, 1.807) is 57.7 Å². The molecular formula is C22H22O7. The van der Waals surface area contributed by atoms with Gasteiger partial charge < -0.3 is 28.1 Å². The Morgan fingerprint density at radius 2 is 1.34 bits per heavy atom. The molecule has 3 aromatic rings. The van der Waals surface area contributed by atoms with Gasteiger partial charge in [0, 0.05) is 6.07 Å². The Morgan fingerprint density at radius 3 is 1.90 bits per heavy atom. The van der Waals surface area contributed by atoms with Gasteiger partial charge >= 0.3 is 0 Å². The van der Waals surface area contributed by atoms with Gasteiger partial charge in [-0.15, -0.1) is 0 Å². The lowest BCUT2D eigenvalue weighted by molar-refractivity contribution is 0.324. The summed E-state index contributed by atoms with van der Waals surface area (Å²) in [7, 11) is 7.66. The molecular weight excluding hydrogens is 376 g/mol. The van der Waals surface area contributed by atoms with E-state index in [2.05, 4.69) is 0 Å². The Morgan fingerprint density at radius 1 is 0.724 bits per heavy atom. The molecule has 0 saturated heterocycles. The molecule has 0 aliphatic carbocycles. The Balaban J connectivity index is 2.08. The van der Waals surface area contributed by atoms with Crippen LogP contribution < -0.4 is 29.1 Å². The third-order valence-corrected chi connectivity index (χ3v) is 4.39. The molecule has 0 unspecified atom stereocenters. The summed E-state index contributed by atoms with van der Waals surface area (Å²) in [5, 5.41) is 0.410. The van der Waals surface area contributed by atoms with Crippen LogP contribution in [0.5, 0.6) is 28.7 Å². The number of methoxy groups -OCH3 is 5. The van der Waals surface area contributed by atoms with Crippen molar-refractivity contribution in [3.05, 3.63) is 51.9 Å². The Hall–Kier alpha value is -3.61. The normalized spacial score (nSPS) is 10.9. The molecule has 0 N–H and O–H groups in total. The molecule has 0 radical (unpaired) electrons. The Bertz CT molecular complexity index is 1090. The second kappa shape index (κ2) is 8.60. The molecule has 0 fully saturated rings. The van der Waals surface area contributed by atoms with Crippen molar-refractivity contribution >= 4 is 23.1 Å². The van der Waals surface area contributed by atoms with E-state index in [1.165, 1.54) is 20.3 Å². The van der Waals surface area contributed by atoms with Gasteiger partial charge in [-0.3, -0.25) is 4.79 Å². The van der Waals surface area contributed by atoms with Gasteiger partial charge in [-0.1, -0.05) is 6.08 Å². The van der Waals surface area contributed by atoms with E-state index in [0.29, 0.717) is 45.5 Å². The summed E-state index contributed by atoms with van der Waals surface area (Å²) in [6.45, 7) is 0. The zero-order valence-electron chi connectivity index (χ0n) is 16.9. The van der Waals surface area contributed by atoms with Crippen molar-refractivity contribution in [2.24, 2.45) is 0 Å². The van der Waals surface area contributed by atoms with Crippen LogP contribution in [-0.2, 0) is 0 Å². The zero-order chi connectivity index (χ0) is 21.0. The lowest BCUT2D eigenvalue weighted by Gasteiger charge is -2.12. The van der Waals surface area contributed by atoms with Crippen LogP contribution in [0.1, 0.15) is 11.3 Å². The van der Waals surface area contributed by atoms with Crippen molar-refractivity contribution in [2.45, 2.75) is 0 Å². The fourth-order valence-electron chi connectivity index (χ4n) is 3.01. The van der Waals surface area contributed by atoms with Crippen LogP contribution in [-0.4, -0.2) is 35.5 Å². The zero-order valence-corrected chi connectivity index (χ0v) is 16.9. The highest BCUT2D eigenvalue weighted by Crippen LogP contribution is 2.39. The van der Waals surface area contributed by atoms with Crippen molar-refractivity contribution in [3.63, 3.8) is 0 Å². The van der Waals surface area contributed by atoms with Gasteiger partial charge in [-0.2, -0.15) is 0 Å². The topological polar surface area (TPSA) is 76.4 Å². The molecule has 0 atom stereocenters. The van der Waals surface area contributed by atoms with Crippen molar-refractivity contribution in [2.75, 3.05) is 35.5 Å². The number of ether oxygens (including phenoxy) is 5. The first-order valence-corrected chi connectivity index (χ1v) is 8.73. The summed E-state index contributed by atoms with van der Waals surface area (Å²) in [6, 6.07) is 8.32. The number of benzene rings is 2. The summed E-state index contributed by atoms with van der Waals surface area (Å²) >= 11 is 0.